The minimum Gasteiger partial charge on any atom is -0.462 e. The number of carbonyl (C=O) groups excluding carboxylic acids is 2. The Morgan fingerprint density at radius 3 is 2.34 bits per heavy atom. The predicted molar refractivity (Wildman–Crippen MR) is 114 cm³/mol. The van der Waals surface area contributed by atoms with Crippen LogP contribution in [0.25, 0.3) is 0 Å². The van der Waals surface area contributed by atoms with E-state index in [1.165, 1.54) is 25.1 Å². The highest BCUT2D eigenvalue weighted by Crippen LogP contribution is 2.24. The average Bonchev–Trinajstić information content (AvgIpc) is 2.64. The first-order valence-corrected chi connectivity index (χ1v) is 11.1. The van der Waals surface area contributed by atoms with Gasteiger partial charge in [0.05, 0.1) is 24.1 Å². The molecule has 0 aliphatic carbocycles. The first-order valence-electron chi connectivity index (χ1n) is 8.88. The third kappa shape index (κ3) is 5.71. The van der Waals surface area contributed by atoms with Gasteiger partial charge < -0.3 is 10.1 Å². The van der Waals surface area contributed by atoms with E-state index in [1.54, 1.807) is 38.1 Å². The fraction of sp³-hybridized carbons (Fsp3) is 0.300. The number of sulfonamides is 1. The van der Waals surface area contributed by atoms with Gasteiger partial charge in [-0.05, 0) is 62.7 Å². The minimum atomic E-state index is -3.75. The van der Waals surface area contributed by atoms with Gasteiger partial charge in [0, 0.05) is 10.7 Å². The molecule has 0 aliphatic rings. The highest BCUT2D eigenvalue weighted by molar-refractivity contribution is 7.92. The lowest BCUT2D eigenvalue weighted by atomic mass is 10.1. The van der Waals surface area contributed by atoms with E-state index >= 15 is 0 Å². The molecule has 0 saturated carbocycles. The van der Waals surface area contributed by atoms with Gasteiger partial charge in [-0.3, -0.25) is 9.10 Å². The zero-order chi connectivity index (χ0) is 21.8. The Hall–Kier alpha value is -2.58. The van der Waals surface area contributed by atoms with Crippen LogP contribution >= 0.6 is 11.6 Å². The lowest BCUT2D eigenvalue weighted by molar-refractivity contribution is -0.116. The fourth-order valence-electron chi connectivity index (χ4n) is 2.73. The van der Waals surface area contributed by atoms with Crippen LogP contribution < -0.4 is 9.62 Å². The second-order valence-corrected chi connectivity index (χ2v) is 8.75. The maximum atomic E-state index is 12.8. The van der Waals surface area contributed by atoms with Crippen LogP contribution in [-0.2, 0) is 19.6 Å². The Morgan fingerprint density at radius 1 is 1.17 bits per heavy atom. The summed E-state index contributed by atoms with van der Waals surface area (Å²) in [6.07, 6.45) is 1.03. The predicted octanol–water partition coefficient (Wildman–Crippen LogP) is 3.62. The van der Waals surface area contributed by atoms with E-state index in [9.17, 15) is 18.0 Å². The van der Waals surface area contributed by atoms with Gasteiger partial charge in [-0.2, -0.15) is 0 Å². The highest BCUT2D eigenvalue weighted by atomic mass is 35.5. The van der Waals surface area contributed by atoms with Crippen LogP contribution in [0.5, 0.6) is 0 Å². The van der Waals surface area contributed by atoms with Crippen LogP contribution in [0.1, 0.15) is 29.8 Å². The van der Waals surface area contributed by atoms with Crippen molar-refractivity contribution < 1.29 is 22.7 Å². The lowest BCUT2D eigenvalue weighted by Gasteiger charge is -2.28. The summed E-state index contributed by atoms with van der Waals surface area (Å²) in [4.78, 5) is 24.8. The molecule has 0 fully saturated rings. The molecule has 29 heavy (non-hydrogen) atoms. The number of benzene rings is 2. The van der Waals surface area contributed by atoms with E-state index in [4.69, 9.17) is 16.3 Å². The number of amides is 1. The second-order valence-electron chi connectivity index (χ2n) is 6.45. The van der Waals surface area contributed by atoms with Gasteiger partial charge in [-0.25, -0.2) is 13.2 Å². The van der Waals surface area contributed by atoms with Crippen molar-refractivity contribution in [1.82, 2.24) is 0 Å². The van der Waals surface area contributed by atoms with E-state index in [0.717, 1.165) is 16.1 Å². The zero-order valence-corrected chi connectivity index (χ0v) is 18.2. The van der Waals surface area contributed by atoms with E-state index in [2.05, 4.69) is 5.32 Å². The molecule has 0 heterocycles. The molecule has 0 unspecified atom stereocenters. The standard InChI is InChI=1S/C20H23ClN2O5S/c1-5-28-20(25)15-7-6-13(2)18(12-15)22-19(24)14(3)23(29(4,26)27)17-10-8-16(21)9-11-17/h6-12,14H,5H2,1-4H3,(H,22,24)/t14-/m0/s1. The van der Waals surface area contributed by atoms with Gasteiger partial charge in [0.15, 0.2) is 0 Å². The van der Waals surface area contributed by atoms with Crippen molar-refractivity contribution in [3.8, 4) is 0 Å². The summed E-state index contributed by atoms with van der Waals surface area (Å²) in [5.41, 5.74) is 1.72. The summed E-state index contributed by atoms with van der Waals surface area (Å²) in [5, 5.41) is 3.15. The molecule has 1 atom stereocenters. The molecule has 0 aliphatic heterocycles. The van der Waals surface area contributed by atoms with E-state index in [1.807, 2.05) is 0 Å². The zero-order valence-electron chi connectivity index (χ0n) is 16.6. The van der Waals surface area contributed by atoms with E-state index in [0.29, 0.717) is 16.4 Å². The Labute approximate surface area is 175 Å². The Bertz CT molecular complexity index is 1010. The van der Waals surface area contributed by atoms with Crippen LogP contribution in [0.15, 0.2) is 42.5 Å². The molecule has 9 heteroatoms. The Balaban J connectivity index is 2.31. The smallest absolute Gasteiger partial charge is 0.338 e. The number of nitrogens with zero attached hydrogens (tertiary/aromatic N) is 1. The van der Waals surface area contributed by atoms with E-state index < -0.39 is 27.9 Å². The molecular formula is C20H23ClN2O5S. The number of rotatable bonds is 7. The molecular weight excluding hydrogens is 416 g/mol. The van der Waals surface area contributed by atoms with Crippen LogP contribution in [0, 0.1) is 6.92 Å². The van der Waals surface area contributed by atoms with Gasteiger partial charge in [0.2, 0.25) is 15.9 Å². The molecule has 2 aromatic rings. The molecule has 0 bridgehead atoms. The van der Waals surface area contributed by atoms with E-state index in [-0.39, 0.29) is 12.2 Å². The van der Waals surface area contributed by atoms with Gasteiger partial charge in [-0.1, -0.05) is 17.7 Å². The molecule has 1 amide bonds. The third-order valence-corrected chi connectivity index (χ3v) is 5.67. The maximum Gasteiger partial charge on any atom is 0.338 e. The molecule has 2 rings (SSSR count). The first kappa shape index (κ1) is 22.7. The van der Waals surface area contributed by atoms with Crippen molar-refractivity contribution in [1.29, 1.82) is 0 Å². The summed E-state index contributed by atoms with van der Waals surface area (Å²) in [6.45, 7) is 5.18. The summed E-state index contributed by atoms with van der Waals surface area (Å²) in [5.74, 6) is -1.05. The molecule has 7 nitrogen and oxygen atoms in total. The Morgan fingerprint density at radius 2 is 1.79 bits per heavy atom. The number of halogens is 1. The normalized spacial score (nSPS) is 12.2. The van der Waals surface area contributed by atoms with Gasteiger partial charge in [-0.15, -0.1) is 0 Å². The van der Waals surface area contributed by atoms with Crippen LogP contribution in [0.3, 0.4) is 0 Å². The van der Waals surface area contributed by atoms with Gasteiger partial charge in [0.25, 0.3) is 0 Å². The number of esters is 1. The molecule has 0 aromatic heterocycles. The molecule has 2 aromatic carbocycles. The fourth-order valence-corrected chi connectivity index (χ4v) is 4.03. The second kappa shape index (κ2) is 9.28. The minimum absolute atomic E-state index is 0.232. The number of carbonyl (C=O) groups is 2. The molecule has 156 valence electrons. The quantitative estimate of drug-likeness (QED) is 0.666. The van der Waals surface area contributed by atoms with Crippen LogP contribution in [-0.4, -0.2) is 39.2 Å². The number of hydrogen-bond donors (Lipinski definition) is 1. The highest BCUT2D eigenvalue weighted by Gasteiger charge is 2.29. The number of anilines is 2. The van der Waals surface area contributed by atoms with Gasteiger partial charge >= 0.3 is 5.97 Å². The SMILES string of the molecule is CCOC(=O)c1ccc(C)c(NC(=O)[C@H](C)N(c2ccc(Cl)cc2)S(C)(=O)=O)c1. The number of nitrogens with one attached hydrogen (secondary N) is 1. The maximum absolute atomic E-state index is 12.8. The summed E-state index contributed by atoms with van der Waals surface area (Å²) < 4.78 is 30.7. The first-order chi connectivity index (χ1) is 13.5. The van der Waals surface area contributed by atoms with Crippen LogP contribution in [0.4, 0.5) is 11.4 Å². The molecule has 1 N–H and O–H groups in total. The molecule has 0 saturated heterocycles. The summed E-state index contributed by atoms with van der Waals surface area (Å²) >= 11 is 5.88. The summed E-state index contributed by atoms with van der Waals surface area (Å²) in [7, 11) is -3.75. The van der Waals surface area contributed by atoms with Crippen molar-refractivity contribution in [2.45, 2.75) is 26.8 Å². The number of aryl methyl sites for hydroxylation is 1. The van der Waals surface area contributed by atoms with Crippen molar-refractivity contribution in [3.63, 3.8) is 0 Å². The summed E-state index contributed by atoms with van der Waals surface area (Å²) in [6, 6.07) is 9.89. The van der Waals surface area contributed by atoms with Crippen LogP contribution in [0.2, 0.25) is 5.02 Å². The van der Waals surface area contributed by atoms with Crippen molar-refractivity contribution in [3.05, 3.63) is 58.6 Å². The average molecular weight is 439 g/mol. The Kier molecular flexibility index (Phi) is 7.26. The number of ether oxygens (including phenoxy) is 1. The number of hydrogen-bond acceptors (Lipinski definition) is 5. The lowest BCUT2D eigenvalue weighted by Crippen LogP contribution is -2.45. The van der Waals surface area contributed by atoms with Crippen molar-refractivity contribution in [2.24, 2.45) is 0 Å². The van der Waals surface area contributed by atoms with Gasteiger partial charge in [0.1, 0.15) is 6.04 Å². The topological polar surface area (TPSA) is 92.8 Å². The largest absolute Gasteiger partial charge is 0.462 e. The molecule has 0 spiro atoms. The van der Waals surface area contributed by atoms with Crippen molar-refractivity contribution in [2.75, 3.05) is 22.5 Å². The monoisotopic (exact) mass is 438 g/mol. The third-order valence-electron chi connectivity index (χ3n) is 4.18. The van der Waals surface area contributed by atoms with Crippen molar-refractivity contribution >= 4 is 44.9 Å². The molecule has 0 radical (unpaired) electrons.